The van der Waals surface area contributed by atoms with Crippen LogP contribution in [-0.2, 0) is 16.1 Å². The molecule has 2 aromatic carbocycles. The number of nitrogens with one attached hydrogen (secondary N) is 1. The molecule has 1 heterocycles. The van der Waals surface area contributed by atoms with Crippen molar-refractivity contribution in [1.29, 1.82) is 0 Å². The molecule has 1 amide bonds. The van der Waals surface area contributed by atoms with Crippen LogP contribution in [0, 0.1) is 11.7 Å². The molecular weight excluding hydrogens is 331 g/mol. The van der Waals surface area contributed by atoms with Crippen LogP contribution in [0.2, 0.25) is 0 Å². The molecule has 2 atom stereocenters. The largest absolute Gasteiger partial charge is 0.383 e. The van der Waals surface area contributed by atoms with Crippen molar-refractivity contribution < 1.29 is 13.9 Å². The first-order valence-electron chi connectivity index (χ1n) is 9.00. The maximum Gasteiger partial charge on any atom is 0.229 e. The van der Waals surface area contributed by atoms with Crippen LogP contribution in [0.1, 0.15) is 18.4 Å². The van der Waals surface area contributed by atoms with Gasteiger partial charge in [-0.2, -0.15) is 0 Å². The maximum atomic E-state index is 13.4. The number of ether oxygens (including phenoxy) is 1. The first-order valence-corrected chi connectivity index (χ1v) is 9.00. The van der Waals surface area contributed by atoms with Crippen molar-refractivity contribution in [1.82, 2.24) is 4.90 Å². The Labute approximate surface area is 154 Å². The summed E-state index contributed by atoms with van der Waals surface area (Å²) in [6.07, 6.45) is 1.76. The lowest BCUT2D eigenvalue weighted by molar-refractivity contribution is -0.125. The Morgan fingerprint density at radius 1 is 1.23 bits per heavy atom. The lowest BCUT2D eigenvalue weighted by atomic mass is 9.88. The molecule has 1 aliphatic heterocycles. The second-order valence-electron chi connectivity index (χ2n) is 6.73. The van der Waals surface area contributed by atoms with E-state index in [0.29, 0.717) is 12.3 Å². The summed E-state index contributed by atoms with van der Waals surface area (Å²) in [6.45, 7) is 2.22. The number of anilines is 1. The third kappa shape index (κ3) is 4.68. The van der Waals surface area contributed by atoms with Gasteiger partial charge in [-0.1, -0.05) is 36.4 Å². The molecule has 138 valence electrons. The number of hydrogen-bond donors (Lipinski definition) is 1. The van der Waals surface area contributed by atoms with Gasteiger partial charge in [0.1, 0.15) is 5.82 Å². The zero-order valence-corrected chi connectivity index (χ0v) is 15.0. The third-order valence-electron chi connectivity index (χ3n) is 4.89. The smallest absolute Gasteiger partial charge is 0.229 e. The van der Waals surface area contributed by atoms with E-state index in [0.717, 1.165) is 25.9 Å². The summed E-state index contributed by atoms with van der Waals surface area (Å²) in [5.41, 5.74) is 1.71. The summed E-state index contributed by atoms with van der Waals surface area (Å²) < 4.78 is 18.8. The molecule has 3 rings (SSSR count). The summed E-state index contributed by atoms with van der Waals surface area (Å²) in [7, 11) is 1.66. The van der Waals surface area contributed by atoms with Gasteiger partial charge in [0.25, 0.3) is 0 Å². The zero-order valence-electron chi connectivity index (χ0n) is 15.0. The molecule has 26 heavy (non-hydrogen) atoms. The number of piperidine rings is 1. The molecule has 0 bridgehead atoms. The normalized spacial score (nSPS) is 20.7. The molecule has 0 radical (unpaired) electrons. The number of likely N-dealkylation sites (tertiary alicyclic amines) is 1. The average Bonchev–Trinajstić information content (AvgIpc) is 2.64. The highest BCUT2D eigenvalue weighted by Crippen LogP contribution is 2.27. The van der Waals surface area contributed by atoms with E-state index in [1.54, 1.807) is 19.2 Å². The topological polar surface area (TPSA) is 41.6 Å². The second-order valence-corrected chi connectivity index (χ2v) is 6.73. The van der Waals surface area contributed by atoms with Crippen LogP contribution in [0.5, 0.6) is 0 Å². The van der Waals surface area contributed by atoms with Crippen molar-refractivity contribution in [3.63, 3.8) is 0 Å². The number of amides is 1. The van der Waals surface area contributed by atoms with Gasteiger partial charge in [0.05, 0.1) is 12.5 Å². The number of halogens is 1. The van der Waals surface area contributed by atoms with Crippen LogP contribution in [0.4, 0.5) is 10.1 Å². The van der Waals surface area contributed by atoms with Gasteiger partial charge >= 0.3 is 0 Å². The highest BCUT2D eigenvalue weighted by atomic mass is 19.1. The van der Waals surface area contributed by atoms with Crippen molar-refractivity contribution in [2.45, 2.75) is 25.4 Å². The summed E-state index contributed by atoms with van der Waals surface area (Å²) in [4.78, 5) is 15.2. The van der Waals surface area contributed by atoms with Crippen molar-refractivity contribution in [2.24, 2.45) is 5.92 Å². The Hall–Kier alpha value is -2.24. The molecule has 4 nitrogen and oxygen atoms in total. The zero-order chi connectivity index (χ0) is 18.4. The van der Waals surface area contributed by atoms with Gasteiger partial charge in [0, 0.05) is 25.4 Å². The summed E-state index contributed by atoms with van der Waals surface area (Å²) >= 11 is 0. The van der Waals surface area contributed by atoms with Gasteiger partial charge in [-0.15, -0.1) is 0 Å². The average molecular weight is 356 g/mol. The molecule has 0 aliphatic carbocycles. The van der Waals surface area contributed by atoms with Crippen LogP contribution in [-0.4, -0.2) is 37.1 Å². The van der Waals surface area contributed by atoms with Crippen molar-refractivity contribution in [3.8, 4) is 0 Å². The fourth-order valence-corrected chi connectivity index (χ4v) is 3.64. The maximum absolute atomic E-state index is 13.4. The number of methoxy groups -OCH3 is 1. The molecule has 2 aromatic rings. The van der Waals surface area contributed by atoms with Crippen molar-refractivity contribution in [3.05, 3.63) is 66.0 Å². The molecule has 1 N–H and O–H groups in total. The Morgan fingerprint density at radius 2 is 2.04 bits per heavy atom. The second kappa shape index (κ2) is 8.92. The van der Waals surface area contributed by atoms with E-state index >= 15 is 0 Å². The van der Waals surface area contributed by atoms with Crippen LogP contribution >= 0.6 is 0 Å². The van der Waals surface area contributed by atoms with Crippen LogP contribution in [0.15, 0.2) is 54.6 Å². The summed E-state index contributed by atoms with van der Waals surface area (Å²) in [5, 5.41) is 2.86. The van der Waals surface area contributed by atoms with Gasteiger partial charge in [-0.3, -0.25) is 9.69 Å². The van der Waals surface area contributed by atoms with Gasteiger partial charge in [0.2, 0.25) is 5.91 Å². The predicted molar refractivity (Wildman–Crippen MR) is 100 cm³/mol. The van der Waals surface area contributed by atoms with Crippen molar-refractivity contribution in [2.75, 3.05) is 25.6 Å². The number of carbonyl (C=O) groups is 1. The number of carbonyl (C=O) groups excluding carboxylic acids is 1. The Bertz CT molecular complexity index is 723. The molecular formula is C21H25FN2O2. The number of benzene rings is 2. The first-order chi connectivity index (χ1) is 12.7. The number of hydrogen-bond acceptors (Lipinski definition) is 3. The summed E-state index contributed by atoms with van der Waals surface area (Å²) in [5.74, 6) is -0.614. The first kappa shape index (κ1) is 18.5. The summed E-state index contributed by atoms with van der Waals surface area (Å²) in [6, 6.07) is 16.3. The SMILES string of the molecule is COC[C@@H]1[C@H](C(=O)Nc2cccc(F)c2)CCCN1Cc1ccccc1. The molecule has 1 aliphatic rings. The molecule has 0 saturated carbocycles. The molecule has 1 fully saturated rings. The lowest BCUT2D eigenvalue weighted by Gasteiger charge is -2.40. The predicted octanol–water partition coefficient (Wildman–Crippen LogP) is 3.69. The van der Waals surface area contributed by atoms with E-state index in [4.69, 9.17) is 4.74 Å². The molecule has 0 aromatic heterocycles. The van der Waals surface area contributed by atoms with Gasteiger partial charge in [0.15, 0.2) is 0 Å². The monoisotopic (exact) mass is 356 g/mol. The minimum atomic E-state index is -0.356. The van der Waals surface area contributed by atoms with Gasteiger partial charge in [-0.05, 0) is 43.1 Å². The van der Waals surface area contributed by atoms with Crippen LogP contribution in [0.3, 0.4) is 0 Å². The minimum Gasteiger partial charge on any atom is -0.383 e. The quantitative estimate of drug-likeness (QED) is 0.858. The Balaban J connectivity index is 1.73. The van der Waals surface area contributed by atoms with Gasteiger partial charge in [-0.25, -0.2) is 4.39 Å². The van der Waals surface area contributed by atoms with E-state index in [1.807, 2.05) is 18.2 Å². The van der Waals surface area contributed by atoms with Crippen LogP contribution < -0.4 is 5.32 Å². The standard InChI is InChI=1S/C21H25FN2O2/c1-26-15-20-19(21(25)23-18-10-5-9-17(22)13-18)11-6-12-24(20)14-16-7-3-2-4-8-16/h2-5,7-10,13,19-20H,6,11-12,14-15H2,1H3,(H,23,25)/t19-,20-/m1/s1. The van der Waals surface area contributed by atoms with Gasteiger partial charge < -0.3 is 10.1 Å². The van der Waals surface area contributed by atoms with E-state index in [9.17, 15) is 9.18 Å². The minimum absolute atomic E-state index is 0.00233. The van der Waals surface area contributed by atoms with E-state index in [-0.39, 0.29) is 23.7 Å². The van der Waals surface area contributed by atoms with E-state index in [1.165, 1.54) is 17.7 Å². The highest BCUT2D eigenvalue weighted by molar-refractivity contribution is 5.93. The van der Waals surface area contributed by atoms with Crippen LogP contribution in [0.25, 0.3) is 0 Å². The highest BCUT2D eigenvalue weighted by Gasteiger charge is 2.36. The molecule has 0 spiro atoms. The van der Waals surface area contributed by atoms with E-state index in [2.05, 4.69) is 22.3 Å². The number of rotatable bonds is 6. The molecule has 0 unspecified atom stereocenters. The Kier molecular flexibility index (Phi) is 6.36. The van der Waals surface area contributed by atoms with Crippen molar-refractivity contribution >= 4 is 11.6 Å². The lowest BCUT2D eigenvalue weighted by Crippen LogP contribution is -2.51. The third-order valence-corrected chi connectivity index (χ3v) is 4.89. The fourth-order valence-electron chi connectivity index (χ4n) is 3.64. The number of nitrogens with zero attached hydrogens (tertiary/aromatic N) is 1. The van der Waals surface area contributed by atoms with E-state index < -0.39 is 0 Å². The molecule has 5 heteroatoms. The Morgan fingerprint density at radius 3 is 2.77 bits per heavy atom. The molecule has 1 saturated heterocycles. The fraction of sp³-hybridized carbons (Fsp3) is 0.381.